The van der Waals surface area contributed by atoms with Crippen LogP contribution >= 0.6 is 0 Å². The lowest BCUT2D eigenvalue weighted by Gasteiger charge is -2.51. The van der Waals surface area contributed by atoms with Crippen LogP contribution in [-0.4, -0.2) is 58.5 Å². The molecule has 0 N–H and O–H groups in total. The molecule has 2 aliphatic heterocycles. The number of fused-ring (bicyclic) bond motifs is 1. The number of carbonyl (C=O) groups is 3. The summed E-state index contributed by atoms with van der Waals surface area (Å²) in [6.45, 7) is 1.49. The summed E-state index contributed by atoms with van der Waals surface area (Å²) in [7, 11) is 1.43. The molecule has 1 aromatic heterocycles. The van der Waals surface area contributed by atoms with E-state index in [1.54, 1.807) is 24.3 Å². The number of halogens is 2. The maximum atomic E-state index is 15.1. The van der Waals surface area contributed by atoms with Gasteiger partial charge in [0.25, 0.3) is 5.91 Å². The third-order valence-corrected chi connectivity index (χ3v) is 6.48. The molecule has 1 unspecified atom stereocenters. The number of carbonyl (C=O) groups excluding carboxylic acids is 3. The van der Waals surface area contributed by atoms with Gasteiger partial charge < -0.3 is 9.64 Å². The molecule has 5 rings (SSSR count). The number of hydrogen-bond acceptors (Lipinski definition) is 6. The summed E-state index contributed by atoms with van der Waals surface area (Å²) in [4.78, 5) is 51.1. The number of imide groups is 1. The third-order valence-electron chi connectivity index (χ3n) is 6.48. The molecule has 9 nitrogen and oxygen atoms in total. The minimum atomic E-state index is -1.57. The lowest BCUT2D eigenvalue weighted by molar-refractivity contribution is -0.137. The van der Waals surface area contributed by atoms with Gasteiger partial charge in [-0.3, -0.25) is 14.5 Å². The van der Waals surface area contributed by atoms with Gasteiger partial charge in [-0.2, -0.15) is 0 Å². The maximum Gasteiger partial charge on any atom is 0.332 e. The molecular formula is C27H21F2N5O4. The predicted molar refractivity (Wildman–Crippen MR) is 132 cm³/mol. The molecule has 0 saturated carbocycles. The number of methoxy groups -OCH3 is 1. The number of amides is 4. The molecule has 38 heavy (non-hydrogen) atoms. The van der Waals surface area contributed by atoms with Crippen LogP contribution in [0.15, 0.2) is 54.9 Å². The van der Waals surface area contributed by atoms with Crippen LogP contribution in [0.3, 0.4) is 0 Å². The maximum absolute atomic E-state index is 15.1. The van der Waals surface area contributed by atoms with Gasteiger partial charge in [-0.15, -0.1) is 0 Å². The average molecular weight is 517 g/mol. The quantitative estimate of drug-likeness (QED) is 0.496. The van der Waals surface area contributed by atoms with Crippen LogP contribution in [0.25, 0.3) is 0 Å². The number of aromatic nitrogens is 2. The fourth-order valence-electron chi connectivity index (χ4n) is 4.54. The Hall–Kier alpha value is -4.85. The van der Waals surface area contributed by atoms with Crippen molar-refractivity contribution in [1.29, 1.82) is 0 Å². The Balaban J connectivity index is 1.42. The van der Waals surface area contributed by atoms with E-state index in [2.05, 4.69) is 21.8 Å². The van der Waals surface area contributed by atoms with Crippen LogP contribution in [0.4, 0.5) is 25.1 Å². The summed E-state index contributed by atoms with van der Waals surface area (Å²) in [5.74, 6) is 2.26. The molecule has 2 aromatic carbocycles. The summed E-state index contributed by atoms with van der Waals surface area (Å²) in [6, 6.07) is 9.82. The van der Waals surface area contributed by atoms with Gasteiger partial charge in [0.15, 0.2) is 17.5 Å². The molecule has 3 aromatic rings. The number of urea groups is 1. The van der Waals surface area contributed by atoms with E-state index in [0.29, 0.717) is 10.5 Å². The Kier molecular flexibility index (Phi) is 6.24. The predicted octanol–water partition coefficient (Wildman–Crippen LogP) is 3.13. The third kappa shape index (κ3) is 4.20. The molecule has 192 valence electrons. The van der Waals surface area contributed by atoms with E-state index in [1.807, 2.05) is 6.07 Å². The molecule has 2 aliphatic rings. The van der Waals surface area contributed by atoms with Crippen LogP contribution in [0.5, 0.6) is 5.88 Å². The van der Waals surface area contributed by atoms with Crippen LogP contribution < -0.4 is 14.5 Å². The topological polar surface area (TPSA) is 95.9 Å². The lowest BCUT2D eigenvalue weighted by atomic mass is 9.88. The molecule has 0 radical (unpaired) electrons. The zero-order valence-corrected chi connectivity index (χ0v) is 20.4. The summed E-state index contributed by atoms with van der Waals surface area (Å²) in [5.41, 5.74) is -1.68. The molecule has 2 fully saturated rings. The molecule has 0 aliphatic carbocycles. The van der Waals surface area contributed by atoms with E-state index < -0.39 is 47.1 Å². The highest BCUT2D eigenvalue weighted by Gasteiger charge is 2.56. The minimum absolute atomic E-state index is 0.00242. The van der Waals surface area contributed by atoms with Crippen molar-refractivity contribution in [1.82, 2.24) is 14.9 Å². The minimum Gasteiger partial charge on any atom is -0.480 e. The fraction of sp³-hybridized carbons (Fsp3) is 0.222. The number of benzene rings is 2. The van der Waals surface area contributed by atoms with E-state index in [1.165, 1.54) is 31.3 Å². The molecule has 3 heterocycles. The Morgan fingerprint density at radius 2 is 1.63 bits per heavy atom. The molecule has 1 atom stereocenters. The highest BCUT2D eigenvalue weighted by Crippen LogP contribution is 2.37. The van der Waals surface area contributed by atoms with Crippen molar-refractivity contribution in [2.75, 3.05) is 30.0 Å². The summed E-state index contributed by atoms with van der Waals surface area (Å²) >= 11 is 0. The first-order valence-corrected chi connectivity index (χ1v) is 11.6. The zero-order chi connectivity index (χ0) is 27.0. The Bertz CT molecular complexity index is 1480. The van der Waals surface area contributed by atoms with Crippen molar-refractivity contribution < 1.29 is 27.9 Å². The van der Waals surface area contributed by atoms with Crippen LogP contribution in [0.1, 0.15) is 24.5 Å². The van der Waals surface area contributed by atoms with Crippen molar-refractivity contribution in [3.63, 3.8) is 0 Å². The number of rotatable bonds is 3. The van der Waals surface area contributed by atoms with E-state index in [0.717, 1.165) is 17.0 Å². The number of piperazine rings is 1. The van der Waals surface area contributed by atoms with Gasteiger partial charge in [0.2, 0.25) is 11.8 Å². The van der Waals surface area contributed by atoms with E-state index in [9.17, 15) is 14.4 Å². The molecular weight excluding hydrogens is 496 g/mol. The zero-order valence-electron chi connectivity index (χ0n) is 20.4. The van der Waals surface area contributed by atoms with Crippen LogP contribution in [0, 0.1) is 23.5 Å². The molecule has 2 saturated heterocycles. The highest BCUT2D eigenvalue weighted by molar-refractivity contribution is 6.20. The second kappa shape index (κ2) is 9.55. The summed E-state index contributed by atoms with van der Waals surface area (Å²) < 4.78 is 35.3. The van der Waals surface area contributed by atoms with Gasteiger partial charge in [-0.05, 0) is 31.2 Å². The summed E-state index contributed by atoms with van der Waals surface area (Å²) in [5, 5.41) is 0. The SMILES string of the molecule is COc1cnc(N2CCN3C(=O)N(c4c(F)cc(C#Cc5ccccc5)cc4F)C(=O)CC3(C)C2=O)cn1. The van der Waals surface area contributed by atoms with Gasteiger partial charge in [-0.1, -0.05) is 30.0 Å². The Morgan fingerprint density at radius 1 is 0.947 bits per heavy atom. The van der Waals surface area contributed by atoms with Crippen molar-refractivity contribution in [2.45, 2.75) is 18.9 Å². The van der Waals surface area contributed by atoms with Gasteiger partial charge in [-0.25, -0.2) is 28.4 Å². The van der Waals surface area contributed by atoms with E-state index >= 15 is 8.78 Å². The van der Waals surface area contributed by atoms with E-state index in [-0.39, 0.29) is 30.4 Å². The number of nitrogens with zero attached hydrogens (tertiary/aromatic N) is 5. The van der Waals surface area contributed by atoms with Crippen LogP contribution in [-0.2, 0) is 9.59 Å². The molecule has 4 amide bonds. The average Bonchev–Trinajstić information content (AvgIpc) is 2.90. The van der Waals surface area contributed by atoms with Crippen LogP contribution in [0.2, 0.25) is 0 Å². The number of ether oxygens (including phenoxy) is 1. The monoisotopic (exact) mass is 517 g/mol. The molecule has 0 bridgehead atoms. The Morgan fingerprint density at radius 3 is 2.26 bits per heavy atom. The van der Waals surface area contributed by atoms with Crippen molar-refractivity contribution in [3.8, 4) is 17.7 Å². The lowest BCUT2D eigenvalue weighted by Crippen LogP contribution is -2.73. The molecule has 11 heteroatoms. The number of anilines is 2. The van der Waals surface area contributed by atoms with Crippen molar-refractivity contribution in [2.24, 2.45) is 0 Å². The second-order valence-corrected chi connectivity index (χ2v) is 8.89. The van der Waals surface area contributed by atoms with Crippen molar-refractivity contribution in [3.05, 3.63) is 77.6 Å². The van der Waals surface area contributed by atoms with Gasteiger partial charge in [0, 0.05) is 24.2 Å². The first kappa shape index (κ1) is 24.8. The molecule has 0 spiro atoms. The van der Waals surface area contributed by atoms with Gasteiger partial charge in [0.05, 0.1) is 25.9 Å². The normalized spacial score (nSPS) is 19.2. The first-order valence-electron chi connectivity index (χ1n) is 11.6. The van der Waals surface area contributed by atoms with Crippen molar-refractivity contribution >= 4 is 29.4 Å². The summed E-state index contributed by atoms with van der Waals surface area (Å²) in [6.07, 6.45) is 2.21. The van der Waals surface area contributed by atoms with Gasteiger partial charge >= 0.3 is 6.03 Å². The smallest absolute Gasteiger partial charge is 0.332 e. The fourth-order valence-corrected chi connectivity index (χ4v) is 4.54. The van der Waals surface area contributed by atoms with Gasteiger partial charge in [0.1, 0.15) is 11.2 Å². The first-order chi connectivity index (χ1) is 18.2. The number of hydrogen-bond donors (Lipinski definition) is 0. The Labute approximate surface area is 216 Å². The largest absolute Gasteiger partial charge is 0.480 e. The highest BCUT2D eigenvalue weighted by atomic mass is 19.1. The second-order valence-electron chi connectivity index (χ2n) is 8.89. The standard InChI is InChI=1S/C27H21F2N5O4/c1-27-14-23(35)34(24-19(28)12-18(13-20(24)29)9-8-17-6-4-3-5-7-17)26(37)33(27)11-10-32(25(27)36)21-15-31-22(38-2)16-30-21/h3-7,12-13,15-16H,10-11,14H2,1-2H3. The van der Waals surface area contributed by atoms with E-state index in [4.69, 9.17) is 4.74 Å².